The number of ether oxygens (including phenoxy) is 1. The zero-order chi connectivity index (χ0) is 19.7. The molecule has 2 aliphatic heterocycles. The van der Waals surface area contributed by atoms with Crippen LogP contribution in [0.25, 0.3) is 6.08 Å². The Bertz CT molecular complexity index is 927. The number of ketones is 1. The molecule has 0 atom stereocenters. The molecule has 5 heteroatoms. The van der Waals surface area contributed by atoms with Crippen LogP contribution >= 0.6 is 0 Å². The molecule has 0 saturated carbocycles. The lowest BCUT2D eigenvalue weighted by atomic mass is 10.0. The molecule has 4 rings (SSSR count). The highest BCUT2D eigenvalue weighted by Gasteiger charge is 2.32. The first-order valence-electron chi connectivity index (χ1n) is 9.85. The summed E-state index contributed by atoms with van der Waals surface area (Å²) in [4.78, 5) is 17.5. The molecular weight excluding hydrogens is 352 g/mol. The van der Waals surface area contributed by atoms with E-state index in [1.54, 1.807) is 18.2 Å². The summed E-state index contributed by atoms with van der Waals surface area (Å²) in [5.74, 6) is 0.861. The number of carbonyl (C=O) groups is 1. The van der Waals surface area contributed by atoms with Crippen LogP contribution in [0.3, 0.4) is 0 Å². The van der Waals surface area contributed by atoms with E-state index in [0.29, 0.717) is 29.2 Å². The van der Waals surface area contributed by atoms with E-state index in [1.807, 2.05) is 31.2 Å². The molecule has 1 N–H and O–H groups in total. The van der Waals surface area contributed by atoms with Gasteiger partial charge in [-0.05, 0) is 37.2 Å². The molecule has 0 aliphatic carbocycles. The van der Waals surface area contributed by atoms with Gasteiger partial charge in [0.15, 0.2) is 5.76 Å². The summed E-state index contributed by atoms with van der Waals surface area (Å²) in [5.41, 5.74) is 3.28. The van der Waals surface area contributed by atoms with Crippen LogP contribution in [0.2, 0.25) is 0 Å². The fourth-order valence-corrected chi connectivity index (χ4v) is 3.85. The topological polar surface area (TPSA) is 53.0 Å². The third-order valence-electron chi connectivity index (χ3n) is 5.55. The number of piperazine rings is 1. The van der Waals surface area contributed by atoms with Crippen LogP contribution < -0.4 is 4.74 Å². The molecule has 1 fully saturated rings. The third-order valence-corrected chi connectivity index (χ3v) is 5.55. The predicted octanol–water partition coefficient (Wildman–Crippen LogP) is 3.45. The molecule has 0 spiro atoms. The summed E-state index contributed by atoms with van der Waals surface area (Å²) >= 11 is 0. The molecule has 5 nitrogen and oxygen atoms in total. The number of carbonyl (C=O) groups excluding carboxylic acids is 1. The van der Waals surface area contributed by atoms with Gasteiger partial charge in [-0.25, -0.2) is 0 Å². The highest BCUT2D eigenvalue weighted by atomic mass is 16.5. The number of aromatic hydroxyl groups is 1. The second-order valence-electron chi connectivity index (χ2n) is 7.50. The maximum absolute atomic E-state index is 12.8. The van der Waals surface area contributed by atoms with Gasteiger partial charge < -0.3 is 14.7 Å². The number of phenolic OH excluding ortho intramolecular Hbond substituents is 1. The Kier molecular flexibility index (Phi) is 5.20. The van der Waals surface area contributed by atoms with Gasteiger partial charge in [-0.1, -0.05) is 36.8 Å². The number of benzene rings is 2. The highest BCUT2D eigenvalue weighted by molar-refractivity contribution is 6.15. The Hall–Kier alpha value is -2.63. The van der Waals surface area contributed by atoms with Gasteiger partial charge in [0.25, 0.3) is 0 Å². The van der Waals surface area contributed by atoms with Crippen molar-refractivity contribution in [3.05, 3.63) is 64.4 Å². The standard InChI is InChI=1S/C23H26N2O3/c1-3-24-9-11-25(12-10-24)15-19-20(26)8-7-18-22(27)21(28-23(18)19)14-17-6-4-5-16(2)13-17/h4-8,13-14,26H,3,9-12,15H2,1-2H3. The maximum atomic E-state index is 12.8. The van der Waals surface area contributed by atoms with Crippen LogP contribution in [0.5, 0.6) is 11.5 Å². The van der Waals surface area contributed by atoms with E-state index in [0.717, 1.165) is 43.9 Å². The highest BCUT2D eigenvalue weighted by Crippen LogP contribution is 2.40. The van der Waals surface area contributed by atoms with E-state index in [-0.39, 0.29) is 11.5 Å². The average molecular weight is 378 g/mol. The number of rotatable bonds is 4. The van der Waals surface area contributed by atoms with Gasteiger partial charge in [0.05, 0.1) is 11.1 Å². The Labute approximate surface area is 165 Å². The Balaban J connectivity index is 1.59. The van der Waals surface area contributed by atoms with E-state index in [4.69, 9.17) is 4.74 Å². The molecule has 0 radical (unpaired) electrons. The fraction of sp³-hybridized carbons (Fsp3) is 0.348. The van der Waals surface area contributed by atoms with Gasteiger partial charge in [-0.3, -0.25) is 9.69 Å². The van der Waals surface area contributed by atoms with Crippen LogP contribution in [0.4, 0.5) is 0 Å². The molecule has 0 bridgehead atoms. The van der Waals surface area contributed by atoms with Crippen LogP contribution in [0.1, 0.15) is 34.0 Å². The minimum atomic E-state index is -0.131. The van der Waals surface area contributed by atoms with Gasteiger partial charge in [0.2, 0.25) is 5.78 Å². The number of likely N-dealkylation sites (N-methyl/N-ethyl adjacent to an activating group) is 1. The van der Waals surface area contributed by atoms with Crippen LogP contribution in [-0.2, 0) is 6.54 Å². The van der Waals surface area contributed by atoms with Crippen molar-refractivity contribution in [2.45, 2.75) is 20.4 Å². The number of nitrogens with zero attached hydrogens (tertiary/aromatic N) is 2. The number of phenols is 1. The number of aryl methyl sites for hydroxylation is 1. The monoisotopic (exact) mass is 378 g/mol. The van der Waals surface area contributed by atoms with E-state index in [9.17, 15) is 9.90 Å². The number of allylic oxidation sites excluding steroid dienone is 1. The van der Waals surface area contributed by atoms with E-state index in [2.05, 4.69) is 16.7 Å². The SMILES string of the molecule is CCN1CCN(Cc2c(O)ccc3c2OC(=Cc2cccc(C)c2)C3=O)CC1. The molecule has 0 unspecified atom stereocenters. The molecule has 146 valence electrons. The molecule has 28 heavy (non-hydrogen) atoms. The summed E-state index contributed by atoms with van der Waals surface area (Å²) < 4.78 is 5.97. The molecule has 2 aromatic carbocycles. The largest absolute Gasteiger partial charge is 0.507 e. The van der Waals surface area contributed by atoms with Gasteiger partial charge in [-0.2, -0.15) is 0 Å². The lowest BCUT2D eigenvalue weighted by Crippen LogP contribution is -2.45. The summed E-state index contributed by atoms with van der Waals surface area (Å²) in [6.07, 6.45) is 1.77. The van der Waals surface area contributed by atoms with Gasteiger partial charge >= 0.3 is 0 Å². The van der Waals surface area contributed by atoms with Gasteiger partial charge in [0, 0.05) is 32.7 Å². The molecule has 2 aliphatic rings. The normalized spacial score (nSPS) is 19.1. The predicted molar refractivity (Wildman–Crippen MR) is 110 cm³/mol. The lowest BCUT2D eigenvalue weighted by molar-refractivity contribution is 0.101. The Morgan fingerprint density at radius 3 is 2.57 bits per heavy atom. The summed E-state index contributed by atoms with van der Waals surface area (Å²) in [6.45, 7) is 9.75. The zero-order valence-corrected chi connectivity index (χ0v) is 16.4. The van der Waals surface area contributed by atoms with Crippen LogP contribution in [0, 0.1) is 6.92 Å². The van der Waals surface area contributed by atoms with E-state index >= 15 is 0 Å². The second-order valence-corrected chi connectivity index (χ2v) is 7.50. The van der Waals surface area contributed by atoms with Crippen molar-refractivity contribution in [2.24, 2.45) is 0 Å². The first-order valence-corrected chi connectivity index (χ1v) is 9.85. The van der Waals surface area contributed by atoms with Crippen molar-refractivity contribution in [1.82, 2.24) is 9.80 Å². The Morgan fingerprint density at radius 2 is 1.86 bits per heavy atom. The van der Waals surface area contributed by atoms with E-state index < -0.39 is 0 Å². The van der Waals surface area contributed by atoms with Crippen molar-refractivity contribution < 1.29 is 14.6 Å². The average Bonchev–Trinajstić information content (AvgIpc) is 3.00. The number of hydrogen-bond donors (Lipinski definition) is 1. The minimum Gasteiger partial charge on any atom is -0.507 e. The molecule has 0 aromatic heterocycles. The summed E-state index contributed by atoms with van der Waals surface area (Å²) in [7, 11) is 0. The molecule has 0 amide bonds. The third kappa shape index (κ3) is 3.68. The number of fused-ring (bicyclic) bond motifs is 1. The summed E-state index contributed by atoms with van der Waals surface area (Å²) in [5, 5.41) is 10.5. The minimum absolute atomic E-state index is 0.131. The van der Waals surface area contributed by atoms with Gasteiger partial charge in [-0.15, -0.1) is 0 Å². The van der Waals surface area contributed by atoms with Crippen molar-refractivity contribution >= 4 is 11.9 Å². The molecule has 2 heterocycles. The quantitative estimate of drug-likeness (QED) is 0.826. The number of hydrogen-bond acceptors (Lipinski definition) is 5. The maximum Gasteiger partial charge on any atom is 0.231 e. The van der Waals surface area contributed by atoms with Gasteiger partial charge in [0.1, 0.15) is 11.5 Å². The Morgan fingerprint density at radius 1 is 1.11 bits per heavy atom. The molecule has 1 saturated heterocycles. The molecule has 2 aromatic rings. The lowest BCUT2D eigenvalue weighted by Gasteiger charge is -2.34. The van der Waals surface area contributed by atoms with E-state index in [1.165, 1.54) is 0 Å². The van der Waals surface area contributed by atoms with Crippen molar-refractivity contribution in [1.29, 1.82) is 0 Å². The number of Topliss-reactive ketones (excluding diaryl/α,β-unsaturated/α-hetero) is 1. The van der Waals surface area contributed by atoms with Crippen molar-refractivity contribution in [2.75, 3.05) is 32.7 Å². The van der Waals surface area contributed by atoms with Crippen molar-refractivity contribution in [3.63, 3.8) is 0 Å². The molecular formula is C23H26N2O3. The smallest absolute Gasteiger partial charge is 0.231 e. The second kappa shape index (κ2) is 7.78. The fourth-order valence-electron chi connectivity index (χ4n) is 3.85. The zero-order valence-electron chi connectivity index (χ0n) is 16.4. The van der Waals surface area contributed by atoms with Crippen LogP contribution in [0.15, 0.2) is 42.2 Å². The first kappa shape index (κ1) is 18.7. The van der Waals surface area contributed by atoms with Crippen LogP contribution in [-0.4, -0.2) is 53.4 Å². The first-order chi connectivity index (χ1) is 13.5. The summed E-state index contributed by atoms with van der Waals surface area (Å²) in [6, 6.07) is 11.2. The van der Waals surface area contributed by atoms with Crippen molar-refractivity contribution in [3.8, 4) is 11.5 Å².